The number of nitrogens with zero attached hydrogens (tertiary/aromatic N) is 1. The van der Waals surface area contributed by atoms with Crippen molar-refractivity contribution in [1.82, 2.24) is 4.98 Å². The fraction of sp³-hybridized carbons (Fsp3) is 0. The van der Waals surface area contributed by atoms with Gasteiger partial charge in [0, 0.05) is 16.9 Å². The Morgan fingerprint density at radius 2 is 2.11 bits per heavy atom. The van der Waals surface area contributed by atoms with E-state index < -0.39 is 11.7 Å². The first-order valence-electron chi connectivity index (χ1n) is 5.04. The number of amides is 1. The Kier molecular flexibility index (Phi) is 3.43. The molecule has 4 nitrogen and oxygen atoms in total. The molecule has 6 heteroatoms. The lowest BCUT2D eigenvalue weighted by molar-refractivity contribution is 0.102. The largest absolute Gasteiger partial charge is 0.399 e. The van der Waals surface area contributed by atoms with Gasteiger partial charge in [0.1, 0.15) is 11.5 Å². The van der Waals surface area contributed by atoms with Crippen molar-refractivity contribution < 1.29 is 9.18 Å². The summed E-state index contributed by atoms with van der Waals surface area (Å²) in [6, 6.07) is 6.84. The molecule has 0 saturated heterocycles. The van der Waals surface area contributed by atoms with Crippen LogP contribution in [0.3, 0.4) is 0 Å². The summed E-state index contributed by atoms with van der Waals surface area (Å²) >= 11 is 5.72. The van der Waals surface area contributed by atoms with E-state index in [0.29, 0.717) is 10.7 Å². The summed E-state index contributed by atoms with van der Waals surface area (Å²) in [6.45, 7) is 0. The van der Waals surface area contributed by atoms with E-state index in [2.05, 4.69) is 10.3 Å². The van der Waals surface area contributed by atoms with E-state index in [1.807, 2.05) is 0 Å². The van der Waals surface area contributed by atoms with Crippen LogP contribution >= 0.6 is 11.6 Å². The normalized spacial score (nSPS) is 10.1. The number of pyridine rings is 1. The zero-order valence-corrected chi connectivity index (χ0v) is 9.91. The van der Waals surface area contributed by atoms with Crippen LogP contribution in [0.4, 0.5) is 15.8 Å². The van der Waals surface area contributed by atoms with Gasteiger partial charge >= 0.3 is 0 Å². The zero-order chi connectivity index (χ0) is 13.1. The third-order valence-electron chi connectivity index (χ3n) is 2.19. The van der Waals surface area contributed by atoms with Gasteiger partial charge in [-0.2, -0.15) is 0 Å². The van der Waals surface area contributed by atoms with Crippen molar-refractivity contribution in [2.24, 2.45) is 0 Å². The van der Waals surface area contributed by atoms with Crippen LogP contribution in [0.1, 0.15) is 10.5 Å². The first-order valence-corrected chi connectivity index (χ1v) is 5.42. The molecule has 0 aliphatic heterocycles. The molecule has 0 unspecified atom stereocenters. The maximum atomic E-state index is 13.4. The summed E-state index contributed by atoms with van der Waals surface area (Å²) in [6.07, 6.45) is 1.40. The van der Waals surface area contributed by atoms with Crippen molar-refractivity contribution in [3.05, 3.63) is 53.1 Å². The second-order valence-electron chi connectivity index (χ2n) is 3.55. The molecule has 18 heavy (non-hydrogen) atoms. The number of nitrogens with two attached hydrogens (primary N) is 1. The van der Waals surface area contributed by atoms with Gasteiger partial charge in [-0.15, -0.1) is 0 Å². The second kappa shape index (κ2) is 5.01. The molecule has 0 spiro atoms. The standard InChI is InChI=1S/C12H9ClFN3O/c13-7-1-2-9(14)10(5-7)17-12(18)11-6-8(15)3-4-16-11/h1-6H,(H2,15,16)(H,17,18). The maximum Gasteiger partial charge on any atom is 0.274 e. The number of nitrogens with one attached hydrogen (secondary N) is 1. The van der Waals surface area contributed by atoms with Gasteiger partial charge in [-0.1, -0.05) is 11.6 Å². The summed E-state index contributed by atoms with van der Waals surface area (Å²) in [4.78, 5) is 15.6. The number of hydrogen-bond donors (Lipinski definition) is 2. The molecule has 0 radical (unpaired) electrons. The van der Waals surface area contributed by atoms with Crippen LogP contribution in [0.25, 0.3) is 0 Å². The molecule has 1 heterocycles. The third-order valence-corrected chi connectivity index (χ3v) is 2.43. The average Bonchev–Trinajstić information content (AvgIpc) is 2.34. The zero-order valence-electron chi connectivity index (χ0n) is 9.15. The number of nitrogen functional groups attached to an aromatic ring is 1. The van der Waals surface area contributed by atoms with Crippen molar-refractivity contribution in [2.75, 3.05) is 11.1 Å². The summed E-state index contributed by atoms with van der Waals surface area (Å²) in [5, 5.41) is 2.70. The third kappa shape index (κ3) is 2.75. The van der Waals surface area contributed by atoms with E-state index >= 15 is 0 Å². The van der Waals surface area contributed by atoms with Gasteiger partial charge in [0.15, 0.2) is 0 Å². The summed E-state index contributed by atoms with van der Waals surface area (Å²) in [5.41, 5.74) is 6.04. The van der Waals surface area contributed by atoms with E-state index in [4.69, 9.17) is 17.3 Å². The quantitative estimate of drug-likeness (QED) is 0.877. The number of aromatic nitrogens is 1. The highest BCUT2D eigenvalue weighted by molar-refractivity contribution is 6.31. The topological polar surface area (TPSA) is 68.0 Å². The van der Waals surface area contributed by atoms with Gasteiger partial charge in [-0.05, 0) is 30.3 Å². The van der Waals surface area contributed by atoms with E-state index in [1.165, 1.54) is 30.5 Å². The molecule has 0 atom stereocenters. The van der Waals surface area contributed by atoms with Crippen molar-refractivity contribution in [3.63, 3.8) is 0 Å². The molecule has 0 bridgehead atoms. The molecular formula is C12H9ClFN3O. The molecule has 0 saturated carbocycles. The van der Waals surface area contributed by atoms with E-state index in [0.717, 1.165) is 0 Å². The van der Waals surface area contributed by atoms with Crippen LogP contribution in [0.2, 0.25) is 5.02 Å². The van der Waals surface area contributed by atoms with Crippen LogP contribution in [-0.4, -0.2) is 10.9 Å². The Bertz CT molecular complexity index is 604. The number of carbonyl (C=O) groups excluding carboxylic acids is 1. The van der Waals surface area contributed by atoms with Crippen LogP contribution in [0.5, 0.6) is 0 Å². The molecule has 2 rings (SSSR count). The monoisotopic (exact) mass is 265 g/mol. The van der Waals surface area contributed by atoms with Crippen LogP contribution in [0, 0.1) is 5.82 Å². The number of hydrogen-bond acceptors (Lipinski definition) is 3. The Labute approximate surface area is 108 Å². The molecule has 92 valence electrons. The molecule has 0 fully saturated rings. The summed E-state index contributed by atoms with van der Waals surface area (Å²) in [5.74, 6) is -1.12. The van der Waals surface area contributed by atoms with Gasteiger partial charge in [-0.25, -0.2) is 4.39 Å². The van der Waals surface area contributed by atoms with Gasteiger partial charge < -0.3 is 11.1 Å². The Hall–Kier alpha value is -2.14. The fourth-order valence-corrected chi connectivity index (χ4v) is 1.52. The molecule has 0 aliphatic carbocycles. The van der Waals surface area contributed by atoms with Crippen molar-refractivity contribution in [1.29, 1.82) is 0 Å². The molecule has 3 N–H and O–H groups in total. The summed E-state index contributed by atoms with van der Waals surface area (Å²) in [7, 11) is 0. The minimum absolute atomic E-state index is 0.00303. The lowest BCUT2D eigenvalue weighted by Crippen LogP contribution is -2.14. The number of halogens is 2. The minimum Gasteiger partial charge on any atom is -0.399 e. The fourth-order valence-electron chi connectivity index (χ4n) is 1.35. The number of benzene rings is 1. The number of carbonyl (C=O) groups is 1. The summed E-state index contributed by atoms with van der Waals surface area (Å²) < 4.78 is 13.4. The average molecular weight is 266 g/mol. The van der Waals surface area contributed by atoms with Crippen molar-refractivity contribution in [2.45, 2.75) is 0 Å². The van der Waals surface area contributed by atoms with E-state index in [-0.39, 0.29) is 11.4 Å². The lowest BCUT2D eigenvalue weighted by Gasteiger charge is -2.06. The molecule has 0 aliphatic rings. The maximum absolute atomic E-state index is 13.4. The Balaban J connectivity index is 2.24. The number of rotatable bonds is 2. The van der Waals surface area contributed by atoms with Gasteiger partial charge in [0.25, 0.3) is 5.91 Å². The number of anilines is 2. The predicted molar refractivity (Wildman–Crippen MR) is 68.0 cm³/mol. The molecular weight excluding hydrogens is 257 g/mol. The molecule has 2 aromatic rings. The van der Waals surface area contributed by atoms with E-state index in [9.17, 15) is 9.18 Å². The molecule has 1 amide bonds. The lowest BCUT2D eigenvalue weighted by atomic mass is 10.2. The van der Waals surface area contributed by atoms with Crippen molar-refractivity contribution in [3.8, 4) is 0 Å². The smallest absolute Gasteiger partial charge is 0.274 e. The van der Waals surface area contributed by atoms with Crippen LogP contribution < -0.4 is 11.1 Å². The molecule has 1 aromatic carbocycles. The van der Waals surface area contributed by atoms with Gasteiger partial charge in [-0.3, -0.25) is 9.78 Å². The van der Waals surface area contributed by atoms with Gasteiger partial charge in [0.2, 0.25) is 0 Å². The van der Waals surface area contributed by atoms with E-state index in [1.54, 1.807) is 6.07 Å². The highest BCUT2D eigenvalue weighted by atomic mass is 35.5. The molecule has 1 aromatic heterocycles. The highest BCUT2D eigenvalue weighted by Crippen LogP contribution is 2.20. The highest BCUT2D eigenvalue weighted by Gasteiger charge is 2.11. The van der Waals surface area contributed by atoms with Crippen LogP contribution in [0.15, 0.2) is 36.5 Å². The Morgan fingerprint density at radius 3 is 2.83 bits per heavy atom. The van der Waals surface area contributed by atoms with Crippen LogP contribution in [-0.2, 0) is 0 Å². The van der Waals surface area contributed by atoms with Gasteiger partial charge in [0.05, 0.1) is 5.69 Å². The SMILES string of the molecule is Nc1ccnc(C(=O)Nc2cc(Cl)ccc2F)c1. The minimum atomic E-state index is -0.573. The van der Waals surface area contributed by atoms with Crippen molar-refractivity contribution >= 4 is 28.9 Å². The Morgan fingerprint density at radius 1 is 1.33 bits per heavy atom. The predicted octanol–water partition coefficient (Wildman–Crippen LogP) is 2.71. The first kappa shape index (κ1) is 12.3. The first-order chi connectivity index (χ1) is 8.56. The second-order valence-corrected chi connectivity index (χ2v) is 3.99.